The van der Waals surface area contributed by atoms with Gasteiger partial charge in [-0.1, -0.05) is 6.07 Å². The molecule has 5 rings (SSSR count). The third-order valence-electron chi connectivity index (χ3n) is 6.49. The number of hydrogen-bond acceptors (Lipinski definition) is 6. The van der Waals surface area contributed by atoms with Gasteiger partial charge in [0.05, 0.1) is 11.8 Å². The molecule has 0 radical (unpaired) electrons. The van der Waals surface area contributed by atoms with Crippen LogP contribution < -0.4 is 11.1 Å². The number of hydrogen-bond donors (Lipinski definition) is 2. The van der Waals surface area contributed by atoms with Crippen LogP contribution in [0.15, 0.2) is 55.0 Å². The number of likely N-dealkylation sites (tertiary alicyclic amines) is 1. The van der Waals surface area contributed by atoms with E-state index in [-0.39, 0.29) is 23.7 Å². The van der Waals surface area contributed by atoms with Gasteiger partial charge in [-0.2, -0.15) is 5.10 Å². The smallest absolute Gasteiger partial charge is 0.255 e. The van der Waals surface area contributed by atoms with Crippen molar-refractivity contribution in [2.75, 3.05) is 18.8 Å². The molecule has 3 N–H and O–H groups in total. The summed E-state index contributed by atoms with van der Waals surface area (Å²) in [6.45, 7) is 5.15. The molecule has 0 aliphatic carbocycles. The van der Waals surface area contributed by atoms with E-state index in [1.165, 1.54) is 9.75 Å². The Labute approximate surface area is 213 Å². The van der Waals surface area contributed by atoms with Gasteiger partial charge in [-0.3, -0.25) is 14.3 Å². The number of nitrogens with one attached hydrogen (secondary N) is 1. The first-order chi connectivity index (χ1) is 17.3. The van der Waals surface area contributed by atoms with Crippen molar-refractivity contribution in [2.24, 2.45) is 7.05 Å². The van der Waals surface area contributed by atoms with Crippen molar-refractivity contribution in [3.8, 4) is 21.6 Å². The number of carbonyl (C=O) groups is 2. The van der Waals surface area contributed by atoms with Crippen LogP contribution in [-0.4, -0.2) is 50.6 Å². The van der Waals surface area contributed by atoms with Crippen LogP contribution in [0.4, 0.5) is 5.82 Å². The first kappa shape index (κ1) is 23.7. The second-order valence-corrected chi connectivity index (χ2v) is 10.5. The van der Waals surface area contributed by atoms with Crippen molar-refractivity contribution in [1.82, 2.24) is 25.0 Å². The molecule has 0 unspecified atom stereocenters. The van der Waals surface area contributed by atoms with E-state index < -0.39 is 0 Å². The molecule has 1 fully saturated rings. The summed E-state index contributed by atoms with van der Waals surface area (Å²) in [4.78, 5) is 34.7. The quantitative estimate of drug-likeness (QED) is 0.430. The number of amides is 2. The van der Waals surface area contributed by atoms with Gasteiger partial charge in [0.15, 0.2) is 0 Å². The molecule has 1 aliphatic heterocycles. The fourth-order valence-corrected chi connectivity index (χ4v) is 5.50. The zero-order chi connectivity index (χ0) is 25.4. The number of anilines is 1. The Balaban J connectivity index is 1.25. The monoisotopic (exact) mass is 500 g/mol. The van der Waals surface area contributed by atoms with Crippen molar-refractivity contribution in [3.05, 3.63) is 76.6 Å². The highest BCUT2D eigenvalue weighted by atomic mass is 32.1. The molecule has 1 aliphatic rings. The van der Waals surface area contributed by atoms with E-state index in [0.717, 1.165) is 22.3 Å². The molecule has 0 bridgehead atoms. The predicted octanol–water partition coefficient (Wildman–Crippen LogP) is 4.05. The van der Waals surface area contributed by atoms with Crippen molar-refractivity contribution in [3.63, 3.8) is 0 Å². The number of benzene rings is 1. The molecule has 2 amide bonds. The number of carbonyl (C=O) groups excluding carboxylic acids is 2. The van der Waals surface area contributed by atoms with Crippen LogP contribution in [-0.2, 0) is 7.05 Å². The van der Waals surface area contributed by atoms with Gasteiger partial charge in [0, 0.05) is 65.0 Å². The maximum Gasteiger partial charge on any atom is 0.255 e. The molecule has 4 aromatic rings. The Morgan fingerprint density at radius 3 is 2.64 bits per heavy atom. The Bertz CT molecular complexity index is 1460. The minimum atomic E-state index is -0.295. The highest BCUT2D eigenvalue weighted by molar-refractivity contribution is 7.15. The van der Waals surface area contributed by atoms with Crippen molar-refractivity contribution >= 4 is 29.0 Å². The molecule has 1 aromatic carbocycles. The summed E-state index contributed by atoms with van der Waals surface area (Å²) in [5.41, 5.74) is 10.8. The maximum absolute atomic E-state index is 13.2. The van der Waals surface area contributed by atoms with E-state index in [2.05, 4.69) is 34.5 Å². The molecular weight excluding hydrogens is 472 g/mol. The predicted molar refractivity (Wildman–Crippen MR) is 142 cm³/mol. The maximum atomic E-state index is 13.2. The summed E-state index contributed by atoms with van der Waals surface area (Å²) in [6.07, 6.45) is 5.88. The zero-order valence-electron chi connectivity index (χ0n) is 20.5. The van der Waals surface area contributed by atoms with Crippen LogP contribution in [0.25, 0.3) is 21.6 Å². The molecule has 1 saturated heterocycles. The van der Waals surface area contributed by atoms with Gasteiger partial charge < -0.3 is 16.0 Å². The van der Waals surface area contributed by atoms with Crippen LogP contribution >= 0.6 is 11.3 Å². The fourth-order valence-electron chi connectivity index (χ4n) is 4.55. The molecule has 1 atom stereocenters. The summed E-state index contributed by atoms with van der Waals surface area (Å²) in [5, 5.41) is 7.20. The Morgan fingerprint density at radius 2 is 1.94 bits per heavy atom. The van der Waals surface area contributed by atoms with Crippen molar-refractivity contribution in [1.29, 1.82) is 0 Å². The topological polar surface area (TPSA) is 106 Å². The summed E-state index contributed by atoms with van der Waals surface area (Å²) >= 11 is 1.75. The molecule has 8 nitrogen and oxygen atoms in total. The Hall–Kier alpha value is -3.98. The molecule has 184 valence electrons. The van der Waals surface area contributed by atoms with Gasteiger partial charge >= 0.3 is 0 Å². The van der Waals surface area contributed by atoms with Crippen LogP contribution in [0.3, 0.4) is 0 Å². The lowest BCUT2D eigenvalue weighted by molar-refractivity contribution is 0.0783. The minimum Gasteiger partial charge on any atom is -0.383 e. The first-order valence-corrected chi connectivity index (χ1v) is 12.6. The van der Waals surface area contributed by atoms with Crippen LogP contribution in [0, 0.1) is 13.8 Å². The number of thiophene rings is 1. The lowest BCUT2D eigenvalue weighted by Gasteiger charge is -2.18. The summed E-state index contributed by atoms with van der Waals surface area (Å²) in [7, 11) is 1.83. The zero-order valence-corrected chi connectivity index (χ0v) is 21.3. The minimum absolute atomic E-state index is 0.0245. The number of aromatic nitrogens is 3. The van der Waals surface area contributed by atoms with E-state index in [4.69, 9.17) is 5.73 Å². The second kappa shape index (κ2) is 9.58. The van der Waals surface area contributed by atoms with Gasteiger partial charge in [0.25, 0.3) is 11.8 Å². The number of rotatable bonds is 5. The SMILES string of the molecule is Cc1ccc(-c2ccc(C(=O)N3CC[C@@H](NC(=O)c4cc(-c5cnn(C)c5)cnc4N)C3)cc2C)s1. The highest BCUT2D eigenvalue weighted by Gasteiger charge is 2.29. The number of nitrogens with two attached hydrogens (primary N) is 1. The third-order valence-corrected chi connectivity index (χ3v) is 7.53. The Kier molecular flexibility index (Phi) is 6.32. The Morgan fingerprint density at radius 1 is 1.11 bits per heavy atom. The van der Waals surface area contributed by atoms with E-state index >= 15 is 0 Å². The van der Waals surface area contributed by atoms with E-state index in [1.807, 2.05) is 38.4 Å². The molecule has 36 heavy (non-hydrogen) atoms. The van der Waals surface area contributed by atoms with E-state index in [1.54, 1.807) is 39.4 Å². The molecule has 0 spiro atoms. The summed E-state index contributed by atoms with van der Waals surface area (Å²) < 4.78 is 1.69. The molecule has 9 heteroatoms. The van der Waals surface area contributed by atoms with Gasteiger partial charge in [-0.15, -0.1) is 11.3 Å². The highest BCUT2D eigenvalue weighted by Crippen LogP contribution is 2.31. The normalized spacial score (nSPS) is 15.3. The van der Waals surface area contributed by atoms with E-state index in [9.17, 15) is 9.59 Å². The standard InChI is InChI=1S/C27H28N6O2S/c1-16-10-18(5-6-22(16)24-7-4-17(2)36-24)27(35)33-9-8-21(15-33)31-26(34)23-11-19(12-29-25(23)28)20-13-30-32(3)14-20/h4-7,10-14,21H,8-9,15H2,1-3H3,(H2,28,29)(H,31,34)/t21-/m1/s1. The second-order valence-electron chi connectivity index (χ2n) is 9.21. The van der Waals surface area contributed by atoms with E-state index in [0.29, 0.717) is 30.6 Å². The summed E-state index contributed by atoms with van der Waals surface area (Å²) in [6, 6.07) is 11.7. The largest absolute Gasteiger partial charge is 0.383 e. The molecule has 3 aromatic heterocycles. The lowest BCUT2D eigenvalue weighted by Crippen LogP contribution is -2.38. The molecular formula is C27H28N6O2S. The first-order valence-electron chi connectivity index (χ1n) is 11.8. The fraction of sp³-hybridized carbons (Fsp3) is 0.259. The molecule has 4 heterocycles. The summed E-state index contributed by atoms with van der Waals surface area (Å²) in [5.74, 6) is -0.150. The van der Waals surface area contributed by atoms with Gasteiger partial charge in [0.2, 0.25) is 0 Å². The van der Waals surface area contributed by atoms with Crippen molar-refractivity contribution in [2.45, 2.75) is 26.3 Å². The van der Waals surface area contributed by atoms with Gasteiger partial charge in [0.1, 0.15) is 5.82 Å². The average Bonchev–Trinajstić information content (AvgIpc) is 3.60. The van der Waals surface area contributed by atoms with Crippen LogP contribution in [0.5, 0.6) is 0 Å². The number of nitrogen functional groups attached to an aromatic ring is 1. The third kappa shape index (κ3) is 4.74. The number of nitrogens with zero attached hydrogens (tertiary/aromatic N) is 4. The lowest BCUT2D eigenvalue weighted by atomic mass is 10.0. The van der Waals surface area contributed by atoms with Crippen LogP contribution in [0.1, 0.15) is 37.6 Å². The number of aryl methyl sites for hydroxylation is 3. The van der Waals surface area contributed by atoms with Gasteiger partial charge in [-0.05, 0) is 61.7 Å². The van der Waals surface area contributed by atoms with Crippen molar-refractivity contribution < 1.29 is 9.59 Å². The molecule has 0 saturated carbocycles. The average molecular weight is 501 g/mol. The van der Waals surface area contributed by atoms with Crippen LogP contribution in [0.2, 0.25) is 0 Å². The van der Waals surface area contributed by atoms with Gasteiger partial charge in [-0.25, -0.2) is 4.98 Å². The number of pyridine rings is 1.